The van der Waals surface area contributed by atoms with Crippen LogP contribution in [-0.2, 0) is 6.42 Å². The first-order valence-corrected chi connectivity index (χ1v) is 6.52. The molecule has 0 amide bonds. The molecule has 0 spiro atoms. The number of aromatic amines is 1. The largest absolute Gasteiger partial charge is 0.478 e. The molecule has 2 aromatic heterocycles. The number of benzene rings is 1. The van der Waals surface area contributed by atoms with E-state index in [4.69, 9.17) is 9.84 Å². The topological polar surface area (TPSA) is 95.9 Å². The molecule has 7 nitrogen and oxygen atoms in total. The first kappa shape index (κ1) is 13.3. The summed E-state index contributed by atoms with van der Waals surface area (Å²) >= 11 is 0. The number of aromatic nitrogens is 4. The summed E-state index contributed by atoms with van der Waals surface area (Å²) < 4.78 is 5.20. The van der Waals surface area contributed by atoms with Crippen molar-refractivity contribution in [1.82, 2.24) is 20.2 Å². The monoisotopic (exact) mass is 285 g/mol. The fourth-order valence-electron chi connectivity index (χ4n) is 2.05. The minimum atomic E-state index is 0.0196. The summed E-state index contributed by atoms with van der Waals surface area (Å²) in [4.78, 5) is 8.58. The van der Waals surface area contributed by atoms with Crippen LogP contribution in [0.3, 0.4) is 0 Å². The molecule has 0 saturated carbocycles. The first-order chi connectivity index (χ1) is 10.3. The standard InChI is InChI=1S/C14H15N5O2/c1-21-14-13(16-9(6-7-20)8-15-14)17-12-10-4-2-3-5-11(10)18-19-12/h2-5,8,20H,6-7H2,1H3,(H2,16,17,18,19). The Morgan fingerprint density at radius 1 is 1.29 bits per heavy atom. The number of ether oxygens (including phenoxy) is 1. The van der Waals surface area contributed by atoms with Crippen LogP contribution in [0.25, 0.3) is 10.9 Å². The van der Waals surface area contributed by atoms with Crippen LogP contribution in [0.4, 0.5) is 11.6 Å². The Balaban J connectivity index is 1.98. The molecule has 0 aliphatic carbocycles. The van der Waals surface area contributed by atoms with Crippen molar-refractivity contribution in [1.29, 1.82) is 0 Å². The van der Waals surface area contributed by atoms with Crippen molar-refractivity contribution in [3.8, 4) is 5.88 Å². The van der Waals surface area contributed by atoms with E-state index in [2.05, 4.69) is 25.5 Å². The number of methoxy groups -OCH3 is 1. The van der Waals surface area contributed by atoms with Gasteiger partial charge in [0.1, 0.15) is 0 Å². The van der Waals surface area contributed by atoms with Gasteiger partial charge in [0.15, 0.2) is 11.6 Å². The number of hydrogen-bond acceptors (Lipinski definition) is 6. The lowest BCUT2D eigenvalue weighted by atomic mass is 10.2. The van der Waals surface area contributed by atoms with Crippen molar-refractivity contribution in [3.63, 3.8) is 0 Å². The lowest BCUT2D eigenvalue weighted by molar-refractivity contribution is 0.298. The van der Waals surface area contributed by atoms with Crippen molar-refractivity contribution in [2.24, 2.45) is 0 Å². The zero-order chi connectivity index (χ0) is 14.7. The number of aliphatic hydroxyl groups excluding tert-OH is 1. The lowest BCUT2D eigenvalue weighted by Crippen LogP contribution is -2.04. The Bertz CT molecular complexity index is 756. The van der Waals surface area contributed by atoms with Crippen molar-refractivity contribution in [3.05, 3.63) is 36.2 Å². The Morgan fingerprint density at radius 3 is 2.95 bits per heavy atom. The number of nitrogens with zero attached hydrogens (tertiary/aromatic N) is 3. The van der Waals surface area contributed by atoms with Crippen LogP contribution in [0.1, 0.15) is 5.69 Å². The summed E-state index contributed by atoms with van der Waals surface area (Å²) in [5, 5.41) is 20.3. The van der Waals surface area contributed by atoms with E-state index in [0.717, 1.165) is 10.9 Å². The van der Waals surface area contributed by atoms with E-state index in [0.29, 0.717) is 29.6 Å². The molecule has 0 bridgehead atoms. The van der Waals surface area contributed by atoms with Crippen molar-refractivity contribution >= 4 is 22.5 Å². The van der Waals surface area contributed by atoms with Crippen molar-refractivity contribution in [2.45, 2.75) is 6.42 Å². The van der Waals surface area contributed by atoms with Crippen LogP contribution in [0, 0.1) is 0 Å². The Hall–Kier alpha value is -2.67. The van der Waals surface area contributed by atoms with Gasteiger partial charge < -0.3 is 15.2 Å². The van der Waals surface area contributed by atoms with Gasteiger partial charge in [-0.1, -0.05) is 12.1 Å². The van der Waals surface area contributed by atoms with Crippen molar-refractivity contribution < 1.29 is 9.84 Å². The third-order valence-electron chi connectivity index (χ3n) is 3.06. The molecule has 0 radical (unpaired) electrons. The van der Waals surface area contributed by atoms with Gasteiger partial charge in [-0.15, -0.1) is 0 Å². The molecule has 0 unspecified atom stereocenters. The van der Waals surface area contributed by atoms with Gasteiger partial charge in [0.25, 0.3) is 5.88 Å². The second-order valence-corrected chi connectivity index (χ2v) is 4.44. The maximum atomic E-state index is 9.00. The highest BCUT2D eigenvalue weighted by atomic mass is 16.5. The second kappa shape index (κ2) is 5.76. The molecule has 3 N–H and O–H groups in total. The minimum absolute atomic E-state index is 0.0196. The van der Waals surface area contributed by atoms with Crippen LogP contribution in [-0.4, -0.2) is 39.0 Å². The van der Waals surface area contributed by atoms with E-state index < -0.39 is 0 Å². The van der Waals surface area contributed by atoms with Gasteiger partial charge in [0, 0.05) is 18.4 Å². The number of aliphatic hydroxyl groups is 1. The minimum Gasteiger partial charge on any atom is -0.478 e. The Kier molecular flexibility index (Phi) is 3.65. The smallest absolute Gasteiger partial charge is 0.257 e. The fraction of sp³-hybridized carbons (Fsp3) is 0.214. The predicted octanol–water partition coefficient (Wildman–Crippen LogP) is 1.64. The number of nitrogens with one attached hydrogen (secondary N) is 2. The van der Waals surface area contributed by atoms with Gasteiger partial charge in [-0.25, -0.2) is 9.97 Å². The molecule has 0 saturated heterocycles. The predicted molar refractivity (Wildman–Crippen MR) is 78.8 cm³/mol. The first-order valence-electron chi connectivity index (χ1n) is 6.52. The quantitative estimate of drug-likeness (QED) is 0.659. The van der Waals surface area contributed by atoms with Gasteiger partial charge in [0.2, 0.25) is 0 Å². The zero-order valence-electron chi connectivity index (χ0n) is 11.5. The average molecular weight is 285 g/mol. The zero-order valence-corrected chi connectivity index (χ0v) is 11.5. The highest BCUT2D eigenvalue weighted by Gasteiger charge is 2.12. The van der Waals surface area contributed by atoms with Crippen LogP contribution in [0.5, 0.6) is 5.88 Å². The third kappa shape index (κ3) is 2.63. The molecule has 0 aliphatic rings. The Labute approximate surface area is 121 Å². The van der Waals surface area contributed by atoms with Crippen LogP contribution in [0.2, 0.25) is 0 Å². The van der Waals surface area contributed by atoms with E-state index in [9.17, 15) is 0 Å². The second-order valence-electron chi connectivity index (χ2n) is 4.44. The molecule has 7 heteroatoms. The summed E-state index contributed by atoms with van der Waals surface area (Å²) in [7, 11) is 1.53. The highest BCUT2D eigenvalue weighted by molar-refractivity contribution is 5.91. The summed E-state index contributed by atoms with van der Waals surface area (Å²) in [6.07, 6.45) is 2.02. The molecule has 0 atom stereocenters. The number of hydrogen-bond donors (Lipinski definition) is 3. The number of rotatable bonds is 5. The molecule has 0 aliphatic heterocycles. The summed E-state index contributed by atoms with van der Waals surface area (Å²) in [6, 6.07) is 7.78. The number of anilines is 2. The normalized spacial score (nSPS) is 10.8. The molecule has 3 aromatic rings. The van der Waals surface area contributed by atoms with Crippen LogP contribution in [0.15, 0.2) is 30.5 Å². The maximum Gasteiger partial charge on any atom is 0.257 e. The highest BCUT2D eigenvalue weighted by Crippen LogP contribution is 2.27. The number of para-hydroxylation sites is 1. The van der Waals surface area contributed by atoms with Gasteiger partial charge in [-0.2, -0.15) is 5.10 Å². The Morgan fingerprint density at radius 2 is 2.14 bits per heavy atom. The van der Waals surface area contributed by atoms with E-state index >= 15 is 0 Å². The van der Waals surface area contributed by atoms with Gasteiger partial charge in [-0.05, 0) is 12.1 Å². The van der Waals surface area contributed by atoms with E-state index in [1.165, 1.54) is 7.11 Å². The van der Waals surface area contributed by atoms with E-state index in [-0.39, 0.29) is 6.61 Å². The number of fused-ring (bicyclic) bond motifs is 1. The summed E-state index contributed by atoms with van der Waals surface area (Å²) in [5.41, 5.74) is 1.61. The molecule has 3 rings (SSSR count). The molecular weight excluding hydrogens is 270 g/mol. The third-order valence-corrected chi connectivity index (χ3v) is 3.06. The molecular formula is C14H15N5O2. The van der Waals surface area contributed by atoms with Gasteiger partial charge in [-0.3, -0.25) is 5.10 Å². The van der Waals surface area contributed by atoms with E-state index in [1.54, 1.807) is 6.20 Å². The summed E-state index contributed by atoms with van der Waals surface area (Å²) in [6.45, 7) is 0.0196. The molecule has 2 heterocycles. The van der Waals surface area contributed by atoms with Crippen molar-refractivity contribution in [2.75, 3.05) is 19.0 Å². The summed E-state index contributed by atoms with van der Waals surface area (Å²) in [5.74, 6) is 1.50. The number of H-pyrrole nitrogens is 1. The molecule has 108 valence electrons. The average Bonchev–Trinajstić information content (AvgIpc) is 2.91. The molecule has 0 fully saturated rings. The maximum absolute atomic E-state index is 9.00. The fourth-order valence-corrected chi connectivity index (χ4v) is 2.05. The SMILES string of the molecule is COc1ncc(CCO)nc1Nc1n[nH]c2ccccc12. The van der Waals surface area contributed by atoms with Gasteiger partial charge >= 0.3 is 0 Å². The van der Waals surface area contributed by atoms with Crippen LogP contribution < -0.4 is 10.1 Å². The van der Waals surface area contributed by atoms with Gasteiger partial charge in [0.05, 0.1) is 24.5 Å². The molecule has 1 aromatic carbocycles. The lowest BCUT2D eigenvalue weighted by Gasteiger charge is -2.09. The van der Waals surface area contributed by atoms with E-state index in [1.807, 2.05) is 24.3 Å². The molecule has 21 heavy (non-hydrogen) atoms. The van der Waals surface area contributed by atoms with Crippen LogP contribution >= 0.6 is 0 Å².